The molecule has 4 aromatic rings. The maximum Gasteiger partial charge on any atom is 0.417 e. The van der Waals surface area contributed by atoms with Gasteiger partial charge in [-0.2, -0.15) is 30.9 Å². The second kappa shape index (κ2) is 14.0. The Morgan fingerprint density at radius 2 is 1.29 bits per heavy atom. The summed E-state index contributed by atoms with van der Waals surface area (Å²) in [6.07, 6.45) is 3.00. The zero-order valence-electron chi connectivity index (χ0n) is 23.6. The highest BCUT2D eigenvalue weighted by Gasteiger charge is 2.34. The van der Waals surface area contributed by atoms with E-state index >= 15 is 0 Å². The Morgan fingerprint density at radius 1 is 0.800 bits per heavy atom. The van der Waals surface area contributed by atoms with E-state index in [1.807, 2.05) is 0 Å². The molecule has 0 unspecified atom stereocenters. The summed E-state index contributed by atoms with van der Waals surface area (Å²) in [5.74, 6) is 0. The first kappa shape index (κ1) is 35.5. The standard InChI is InChI=1S/C14H14F3N4O.C13H11F3N4O.B.HI/c1-19-4-5-21(9-19)13(22)20-3-2-12-10(8-20)6-11(7-18-12)14(15,16)17;14-13(15,16)10-5-9-7-19(3-1-11(9)18-6-10)12(21)20-4-2-17-8-20;;/h4-7,9H,2-3,8H2,1H3;2,4-6,8H,1,3,7H2;;1H/q+1;;;/p-1. The van der Waals surface area contributed by atoms with Gasteiger partial charge in [0.15, 0.2) is 0 Å². The van der Waals surface area contributed by atoms with Crippen molar-refractivity contribution in [3.8, 4) is 0 Å². The number of carbonyl (C=O) groups excluding carboxylic acids is 2. The number of aryl methyl sites for hydroxylation is 1. The van der Waals surface area contributed by atoms with Crippen molar-refractivity contribution in [3.63, 3.8) is 0 Å². The average molecular weight is 745 g/mol. The van der Waals surface area contributed by atoms with E-state index in [-0.39, 0.29) is 57.5 Å². The zero-order valence-corrected chi connectivity index (χ0v) is 25.8. The minimum absolute atomic E-state index is 0. The maximum absolute atomic E-state index is 12.8. The topological polar surface area (TPSA) is 93.0 Å². The van der Waals surface area contributed by atoms with E-state index in [4.69, 9.17) is 0 Å². The summed E-state index contributed by atoms with van der Waals surface area (Å²) in [6.45, 7) is 1.10. The molecular formula is C27H25BF6IN8O2. The first-order chi connectivity index (χ1) is 20.3. The molecule has 4 aromatic heterocycles. The molecule has 6 heterocycles. The molecule has 0 N–H and O–H groups in total. The second-order valence-electron chi connectivity index (χ2n) is 10.0. The molecular weight excluding hydrogens is 720 g/mol. The highest BCUT2D eigenvalue weighted by atomic mass is 127. The van der Waals surface area contributed by atoms with Crippen LogP contribution in [0.1, 0.15) is 33.6 Å². The van der Waals surface area contributed by atoms with Gasteiger partial charge in [0, 0.05) is 77.1 Å². The van der Waals surface area contributed by atoms with Crippen molar-refractivity contribution in [3.05, 3.63) is 95.6 Å². The van der Waals surface area contributed by atoms with Gasteiger partial charge in [0.05, 0.1) is 24.7 Å². The first-order valence-corrected chi connectivity index (χ1v) is 13.0. The third-order valence-corrected chi connectivity index (χ3v) is 6.99. The number of hydrogen-bond acceptors (Lipinski definition) is 5. The fraction of sp³-hybridized carbons (Fsp3) is 0.333. The van der Waals surface area contributed by atoms with Gasteiger partial charge in [0.1, 0.15) is 18.7 Å². The van der Waals surface area contributed by atoms with E-state index < -0.39 is 23.5 Å². The monoisotopic (exact) mass is 745 g/mol. The molecule has 0 aromatic carbocycles. The normalized spacial score (nSPS) is 14.2. The van der Waals surface area contributed by atoms with Crippen LogP contribution in [0, 0.1) is 0 Å². The van der Waals surface area contributed by atoms with E-state index in [9.17, 15) is 35.9 Å². The summed E-state index contributed by atoms with van der Waals surface area (Å²) >= 11 is 0. The molecule has 10 nitrogen and oxygen atoms in total. The number of amides is 2. The van der Waals surface area contributed by atoms with Gasteiger partial charge < -0.3 is 28.9 Å². The Kier molecular flexibility index (Phi) is 11.0. The van der Waals surface area contributed by atoms with E-state index in [1.54, 1.807) is 30.3 Å². The molecule has 3 radical (unpaired) electrons. The van der Waals surface area contributed by atoms with E-state index in [1.165, 1.54) is 37.7 Å². The number of halogens is 7. The Bertz CT molecular complexity index is 1640. The average Bonchev–Trinajstić information content (AvgIpc) is 3.67. The summed E-state index contributed by atoms with van der Waals surface area (Å²) in [5.41, 5.74) is 0.536. The van der Waals surface area contributed by atoms with Gasteiger partial charge in [-0.05, 0) is 23.3 Å². The molecule has 0 saturated carbocycles. The summed E-state index contributed by atoms with van der Waals surface area (Å²) in [4.78, 5) is 39.0. The first-order valence-electron chi connectivity index (χ1n) is 13.0. The lowest BCUT2D eigenvalue weighted by Crippen LogP contribution is -3.00. The minimum Gasteiger partial charge on any atom is -1.00 e. The Balaban J connectivity index is 0.000000235. The summed E-state index contributed by atoms with van der Waals surface area (Å²) in [7, 11) is 1.79. The maximum atomic E-state index is 12.8. The van der Waals surface area contributed by atoms with Gasteiger partial charge in [-0.15, -0.1) is 0 Å². The third-order valence-electron chi connectivity index (χ3n) is 6.99. The van der Waals surface area contributed by atoms with Crippen LogP contribution in [0.15, 0.2) is 62.0 Å². The van der Waals surface area contributed by atoms with Gasteiger partial charge in [-0.25, -0.2) is 19.1 Å². The fourth-order valence-electron chi connectivity index (χ4n) is 4.75. The minimum atomic E-state index is -4.43. The van der Waals surface area contributed by atoms with Crippen molar-refractivity contribution in [2.24, 2.45) is 7.05 Å². The lowest BCUT2D eigenvalue weighted by Gasteiger charge is -2.28. The second-order valence-corrected chi connectivity index (χ2v) is 10.0. The third kappa shape index (κ3) is 8.20. The molecule has 237 valence electrons. The highest BCUT2D eigenvalue weighted by molar-refractivity contribution is 5.77. The largest absolute Gasteiger partial charge is 1.00 e. The SMILES string of the molecule is C[n+]1ccn(C(=O)N2CCc3ncc(C(F)(F)F)cc3C2)c1.O=C(N1CCc2ncc(C(F)(F)F)cc2C1)n1ccnc1.[B].[I-]. The van der Waals surface area contributed by atoms with Crippen molar-refractivity contribution < 1.29 is 64.5 Å². The van der Waals surface area contributed by atoms with E-state index in [2.05, 4.69) is 15.0 Å². The van der Waals surface area contributed by atoms with Gasteiger partial charge in [-0.1, -0.05) is 0 Å². The number of pyridine rings is 2. The number of aromatic nitrogens is 6. The number of nitrogens with zero attached hydrogens (tertiary/aromatic N) is 8. The molecule has 0 saturated heterocycles. The van der Waals surface area contributed by atoms with Gasteiger partial charge in [0.2, 0.25) is 0 Å². The molecule has 6 rings (SSSR count). The van der Waals surface area contributed by atoms with Crippen molar-refractivity contribution in [1.29, 1.82) is 0 Å². The molecule has 2 amide bonds. The Hall–Kier alpha value is -3.97. The van der Waals surface area contributed by atoms with Crippen LogP contribution in [0.4, 0.5) is 35.9 Å². The Morgan fingerprint density at radius 3 is 1.69 bits per heavy atom. The summed E-state index contributed by atoms with van der Waals surface area (Å²) in [6, 6.07) is 1.58. The quantitative estimate of drug-likeness (QED) is 0.115. The number of hydrogen-bond donors (Lipinski definition) is 0. The fourth-order valence-corrected chi connectivity index (χ4v) is 4.75. The predicted molar refractivity (Wildman–Crippen MR) is 142 cm³/mol. The molecule has 2 aliphatic heterocycles. The molecule has 0 fully saturated rings. The zero-order chi connectivity index (χ0) is 30.9. The van der Waals surface area contributed by atoms with Crippen LogP contribution in [0.5, 0.6) is 0 Å². The number of fused-ring (bicyclic) bond motifs is 2. The van der Waals surface area contributed by atoms with Crippen molar-refractivity contribution in [1.82, 2.24) is 33.9 Å². The van der Waals surface area contributed by atoms with Crippen molar-refractivity contribution in [2.45, 2.75) is 38.3 Å². The summed E-state index contributed by atoms with van der Waals surface area (Å²) in [5, 5.41) is 0. The van der Waals surface area contributed by atoms with Crippen molar-refractivity contribution in [2.75, 3.05) is 13.1 Å². The molecule has 0 bridgehead atoms. The van der Waals surface area contributed by atoms with Crippen LogP contribution in [0.3, 0.4) is 0 Å². The van der Waals surface area contributed by atoms with Gasteiger partial charge >= 0.3 is 24.4 Å². The molecule has 2 aliphatic rings. The van der Waals surface area contributed by atoms with Crippen LogP contribution >= 0.6 is 0 Å². The van der Waals surface area contributed by atoms with Gasteiger partial charge in [-0.3, -0.25) is 19.4 Å². The highest BCUT2D eigenvalue weighted by Crippen LogP contribution is 2.32. The molecule has 18 heteroatoms. The number of imidazole rings is 2. The van der Waals surface area contributed by atoms with Crippen LogP contribution in [-0.2, 0) is 45.3 Å². The van der Waals surface area contributed by atoms with Crippen LogP contribution < -0.4 is 28.5 Å². The predicted octanol–water partition coefficient (Wildman–Crippen LogP) is 0.699. The van der Waals surface area contributed by atoms with Crippen LogP contribution in [0.2, 0.25) is 0 Å². The molecule has 0 atom stereocenters. The molecule has 0 spiro atoms. The molecule has 45 heavy (non-hydrogen) atoms. The van der Waals surface area contributed by atoms with E-state index in [0.717, 1.165) is 24.5 Å². The van der Waals surface area contributed by atoms with Crippen molar-refractivity contribution >= 4 is 20.5 Å². The van der Waals surface area contributed by atoms with E-state index in [0.29, 0.717) is 48.4 Å². The summed E-state index contributed by atoms with van der Waals surface area (Å²) < 4.78 is 80.8. The van der Waals surface area contributed by atoms with Gasteiger partial charge in [0.25, 0.3) is 6.33 Å². The Labute approximate surface area is 272 Å². The number of alkyl halides is 6. The molecule has 0 aliphatic carbocycles. The van der Waals surface area contributed by atoms with Crippen LogP contribution in [0.25, 0.3) is 0 Å². The van der Waals surface area contributed by atoms with Crippen LogP contribution in [-0.4, -0.2) is 67.5 Å². The number of rotatable bonds is 0. The lowest BCUT2D eigenvalue weighted by atomic mass is 10.0. The smallest absolute Gasteiger partial charge is 0.417 e. The number of carbonyl (C=O) groups is 2. The lowest BCUT2D eigenvalue weighted by molar-refractivity contribution is -0.670.